The molecule has 1 aliphatic heterocycles. The Morgan fingerprint density at radius 3 is 2.75 bits per heavy atom. The van der Waals surface area contributed by atoms with Crippen LogP contribution in [0.5, 0.6) is 0 Å². The smallest absolute Gasteiger partial charge is 0.263 e. The number of halogens is 2. The molecule has 162 valence electrons. The van der Waals surface area contributed by atoms with Gasteiger partial charge in [-0.05, 0) is 47.0 Å². The Kier molecular flexibility index (Phi) is 5.93. The van der Waals surface area contributed by atoms with Crippen molar-refractivity contribution in [3.63, 3.8) is 0 Å². The molecule has 0 fully saturated rings. The number of benzene rings is 2. The van der Waals surface area contributed by atoms with Crippen LogP contribution >= 0.6 is 0 Å². The number of amides is 2. The second-order valence-electron chi connectivity index (χ2n) is 7.36. The third-order valence-electron chi connectivity index (χ3n) is 5.05. The predicted molar refractivity (Wildman–Crippen MR) is 116 cm³/mol. The number of aromatic nitrogens is 1. The predicted octanol–water partition coefficient (Wildman–Crippen LogP) is 3.11. The van der Waals surface area contributed by atoms with Crippen molar-refractivity contribution < 1.29 is 18.4 Å². The van der Waals surface area contributed by atoms with Crippen molar-refractivity contribution in [2.75, 3.05) is 11.9 Å². The first-order valence-electron chi connectivity index (χ1n) is 9.91. The van der Waals surface area contributed by atoms with Gasteiger partial charge in [0.25, 0.3) is 11.5 Å². The first-order chi connectivity index (χ1) is 15.4. The first kappa shape index (κ1) is 21.2. The Morgan fingerprint density at radius 1 is 1.09 bits per heavy atom. The molecule has 0 radical (unpaired) electrons. The number of anilines is 1. The number of fused-ring (bicyclic) bond motifs is 1. The number of carbonyl (C=O) groups excluding carboxylic acids is 2. The Balaban J connectivity index is 1.39. The summed E-state index contributed by atoms with van der Waals surface area (Å²) in [6.45, 7) is 0.200. The van der Waals surface area contributed by atoms with E-state index in [1.165, 1.54) is 22.9 Å². The highest BCUT2D eigenvalue weighted by molar-refractivity contribution is 5.99. The van der Waals surface area contributed by atoms with Gasteiger partial charge in [0.05, 0.1) is 13.0 Å². The molecular formula is C24H19F2N3O3. The minimum absolute atomic E-state index is 0.00588. The topological polar surface area (TPSA) is 80.2 Å². The van der Waals surface area contributed by atoms with Gasteiger partial charge in [-0.3, -0.25) is 14.4 Å². The molecule has 6 nitrogen and oxygen atoms in total. The summed E-state index contributed by atoms with van der Waals surface area (Å²) >= 11 is 0. The molecule has 2 heterocycles. The van der Waals surface area contributed by atoms with E-state index in [-0.39, 0.29) is 24.6 Å². The summed E-state index contributed by atoms with van der Waals surface area (Å²) in [5, 5.41) is 5.44. The number of nitrogens with zero attached hydrogens (tertiary/aromatic N) is 1. The molecule has 0 unspecified atom stereocenters. The minimum Gasteiger partial charge on any atom is -0.348 e. The molecule has 4 rings (SSSR count). The van der Waals surface area contributed by atoms with Crippen LogP contribution in [0.2, 0.25) is 0 Å². The van der Waals surface area contributed by atoms with Gasteiger partial charge in [0.1, 0.15) is 5.56 Å². The molecule has 1 aromatic heterocycles. The highest BCUT2D eigenvalue weighted by Crippen LogP contribution is 2.24. The minimum atomic E-state index is -0.998. The highest BCUT2D eigenvalue weighted by Gasteiger charge is 2.17. The highest BCUT2D eigenvalue weighted by atomic mass is 19.2. The van der Waals surface area contributed by atoms with Crippen LogP contribution in [0.15, 0.2) is 65.6 Å². The van der Waals surface area contributed by atoms with E-state index >= 15 is 0 Å². The number of pyridine rings is 1. The zero-order valence-corrected chi connectivity index (χ0v) is 16.9. The zero-order chi connectivity index (χ0) is 22.7. The third-order valence-corrected chi connectivity index (χ3v) is 5.05. The van der Waals surface area contributed by atoms with Gasteiger partial charge < -0.3 is 15.2 Å². The summed E-state index contributed by atoms with van der Waals surface area (Å²) in [4.78, 5) is 36.5. The van der Waals surface area contributed by atoms with Crippen LogP contribution in [-0.4, -0.2) is 22.9 Å². The molecule has 0 atom stereocenters. The van der Waals surface area contributed by atoms with Crippen molar-refractivity contribution in [3.8, 4) is 0 Å². The lowest BCUT2D eigenvalue weighted by Crippen LogP contribution is -2.33. The monoisotopic (exact) mass is 435 g/mol. The van der Waals surface area contributed by atoms with E-state index in [0.29, 0.717) is 12.0 Å². The molecular weight excluding hydrogens is 416 g/mol. The third kappa shape index (κ3) is 4.64. The maximum Gasteiger partial charge on any atom is 0.263 e. The molecule has 1 aliphatic rings. The summed E-state index contributed by atoms with van der Waals surface area (Å²) < 4.78 is 27.8. The van der Waals surface area contributed by atoms with Gasteiger partial charge in [-0.2, -0.15) is 0 Å². The molecule has 2 amide bonds. The maximum absolute atomic E-state index is 13.4. The molecule has 0 bridgehead atoms. The largest absolute Gasteiger partial charge is 0.348 e. The number of hydrogen-bond acceptors (Lipinski definition) is 3. The summed E-state index contributed by atoms with van der Waals surface area (Å²) in [5.74, 6) is -2.54. The lowest BCUT2D eigenvalue weighted by Gasteiger charge is -2.09. The molecule has 8 heteroatoms. The average Bonchev–Trinajstić information content (AvgIpc) is 3.14. The van der Waals surface area contributed by atoms with Crippen molar-refractivity contribution >= 4 is 23.6 Å². The summed E-state index contributed by atoms with van der Waals surface area (Å²) in [6.07, 6.45) is 5.39. The van der Waals surface area contributed by atoms with Gasteiger partial charge in [-0.15, -0.1) is 0 Å². The Labute approximate surface area is 182 Å². The molecule has 0 aliphatic carbocycles. The Hall–Kier alpha value is -4.07. The second kappa shape index (κ2) is 8.97. The van der Waals surface area contributed by atoms with E-state index in [2.05, 4.69) is 10.6 Å². The number of rotatable bonds is 6. The van der Waals surface area contributed by atoms with Gasteiger partial charge in [0.2, 0.25) is 5.91 Å². The zero-order valence-electron chi connectivity index (χ0n) is 16.9. The molecule has 0 saturated carbocycles. The lowest BCUT2D eigenvalue weighted by atomic mass is 10.1. The van der Waals surface area contributed by atoms with Gasteiger partial charge in [-0.1, -0.05) is 30.4 Å². The van der Waals surface area contributed by atoms with Crippen molar-refractivity contribution in [3.05, 3.63) is 105 Å². The Morgan fingerprint density at radius 2 is 1.94 bits per heavy atom. The van der Waals surface area contributed by atoms with Gasteiger partial charge >= 0.3 is 0 Å². The van der Waals surface area contributed by atoms with Crippen LogP contribution in [0.3, 0.4) is 0 Å². The average molecular weight is 435 g/mol. The molecule has 2 N–H and O–H groups in total. The van der Waals surface area contributed by atoms with Crippen LogP contribution in [0.4, 0.5) is 14.5 Å². The standard InChI is InChI=1S/C24H19F2N3O3/c25-19-8-6-16(11-20(19)26)14-29-10-2-4-18(24(29)32)23(31)27-9-1-3-15-5-7-17-13-22(30)28-21(17)12-15/h1-8,10-12H,9,13-14H2,(H,27,31)(H,28,30)/b3-1+. The van der Waals surface area contributed by atoms with Crippen molar-refractivity contribution in [1.29, 1.82) is 0 Å². The van der Waals surface area contributed by atoms with Crippen LogP contribution in [0.25, 0.3) is 6.08 Å². The summed E-state index contributed by atoms with van der Waals surface area (Å²) in [7, 11) is 0. The fourth-order valence-electron chi connectivity index (χ4n) is 3.45. The van der Waals surface area contributed by atoms with E-state index in [0.717, 1.165) is 28.9 Å². The van der Waals surface area contributed by atoms with Crippen LogP contribution < -0.4 is 16.2 Å². The van der Waals surface area contributed by atoms with E-state index < -0.39 is 23.1 Å². The summed E-state index contributed by atoms with van der Waals surface area (Å²) in [6, 6.07) is 12.0. The van der Waals surface area contributed by atoms with Gasteiger partial charge in [0.15, 0.2) is 11.6 Å². The maximum atomic E-state index is 13.4. The normalized spacial score (nSPS) is 12.6. The number of hydrogen-bond donors (Lipinski definition) is 2. The van der Waals surface area contributed by atoms with Gasteiger partial charge in [-0.25, -0.2) is 8.78 Å². The molecule has 0 spiro atoms. The van der Waals surface area contributed by atoms with E-state index in [1.807, 2.05) is 18.2 Å². The van der Waals surface area contributed by atoms with Crippen molar-refractivity contribution in [2.24, 2.45) is 0 Å². The van der Waals surface area contributed by atoms with E-state index in [9.17, 15) is 23.2 Å². The molecule has 0 saturated heterocycles. The van der Waals surface area contributed by atoms with Crippen LogP contribution in [-0.2, 0) is 17.8 Å². The first-order valence-corrected chi connectivity index (χ1v) is 9.91. The van der Waals surface area contributed by atoms with Crippen LogP contribution in [0, 0.1) is 11.6 Å². The number of nitrogens with one attached hydrogen (secondary N) is 2. The number of carbonyl (C=O) groups is 2. The Bertz CT molecular complexity index is 1300. The van der Waals surface area contributed by atoms with E-state index in [4.69, 9.17) is 0 Å². The summed E-state index contributed by atoms with van der Waals surface area (Å²) in [5.41, 5.74) is 2.42. The molecule has 3 aromatic rings. The molecule has 2 aromatic carbocycles. The lowest BCUT2D eigenvalue weighted by molar-refractivity contribution is -0.115. The fourth-order valence-corrected chi connectivity index (χ4v) is 3.45. The molecule has 32 heavy (non-hydrogen) atoms. The fraction of sp³-hybridized carbons (Fsp3) is 0.125. The van der Waals surface area contributed by atoms with Gasteiger partial charge in [0, 0.05) is 18.4 Å². The van der Waals surface area contributed by atoms with Crippen LogP contribution in [0.1, 0.15) is 27.0 Å². The van der Waals surface area contributed by atoms with Crippen molar-refractivity contribution in [1.82, 2.24) is 9.88 Å². The SMILES string of the molecule is O=C1Cc2ccc(/C=C/CNC(=O)c3cccn(Cc4ccc(F)c(F)c4)c3=O)cc2N1. The van der Waals surface area contributed by atoms with Crippen molar-refractivity contribution in [2.45, 2.75) is 13.0 Å². The quantitative estimate of drug-likeness (QED) is 0.625. The second-order valence-corrected chi connectivity index (χ2v) is 7.36. The van der Waals surface area contributed by atoms with E-state index in [1.54, 1.807) is 18.2 Å².